The number of morpholine rings is 1. The van der Waals surface area contributed by atoms with Crippen LogP contribution in [0.15, 0.2) is 18.3 Å². The first kappa shape index (κ1) is 23.1. The highest BCUT2D eigenvalue weighted by Gasteiger charge is 2.41. The zero-order valence-corrected chi connectivity index (χ0v) is 21.1. The predicted octanol–water partition coefficient (Wildman–Crippen LogP) is 2.45. The molecule has 188 valence electrons. The molecule has 2 aromatic heterocycles. The summed E-state index contributed by atoms with van der Waals surface area (Å²) in [7, 11) is 0. The van der Waals surface area contributed by atoms with E-state index in [1.54, 1.807) is 6.92 Å². The second-order valence-corrected chi connectivity index (χ2v) is 9.98. The molecule has 3 fully saturated rings. The Balaban J connectivity index is 1.19. The maximum atomic E-state index is 11.9. The molecule has 3 saturated heterocycles. The smallest absolute Gasteiger partial charge is 0.298 e. The number of anilines is 3. The minimum absolute atomic E-state index is 0.0696. The minimum atomic E-state index is -0.160. The van der Waals surface area contributed by atoms with Gasteiger partial charge in [0, 0.05) is 68.8 Å². The molecule has 36 heavy (non-hydrogen) atoms. The standard InChI is InChI=1S/C27H32N6O3/c1-4-5-24(34)33-15-20(16-33)32-13-19(14-32)21-12-22-26(17(2)29-21)36-18(3)25-23(6-7-28-27(25)30-22)31-8-10-35-11-9-31/h6-7,12,18-20H,8-11,13-16H2,1-3H3,(H,28,30)/t18-/m0/s1. The number of pyridine rings is 2. The fourth-order valence-electron chi connectivity index (χ4n) is 5.58. The van der Waals surface area contributed by atoms with Gasteiger partial charge in [0.1, 0.15) is 11.9 Å². The lowest BCUT2D eigenvalue weighted by atomic mass is 9.91. The van der Waals surface area contributed by atoms with Gasteiger partial charge in [-0.1, -0.05) is 5.92 Å². The van der Waals surface area contributed by atoms with Gasteiger partial charge >= 0.3 is 0 Å². The van der Waals surface area contributed by atoms with E-state index in [4.69, 9.17) is 19.4 Å². The average molecular weight is 489 g/mol. The van der Waals surface area contributed by atoms with Crippen molar-refractivity contribution in [3.63, 3.8) is 0 Å². The molecule has 9 nitrogen and oxygen atoms in total. The summed E-state index contributed by atoms with van der Waals surface area (Å²) >= 11 is 0. The number of nitrogens with one attached hydrogen (secondary N) is 1. The van der Waals surface area contributed by atoms with Crippen LogP contribution in [0.1, 0.15) is 42.8 Å². The Bertz CT molecular complexity index is 1240. The molecule has 6 heterocycles. The van der Waals surface area contributed by atoms with Crippen molar-refractivity contribution in [2.75, 3.05) is 62.7 Å². The number of likely N-dealkylation sites (tertiary alicyclic amines) is 2. The number of rotatable bonds is 3. The van der Waals surface area contributed by atoms with E-state index in [1.807, 2.05) is 18.0 Å². The number of nitrogens with zero attached hydrogens (tertiary/aromatic N) is 5. The number of carbonyl (C=O) groups excluding carboxylic acids is 1. The zero-order chi connectivity index (χ0) is 24.8. The summed E-state index contributed by atoms with van der Waals surface area (Å²) in [6, 6.07) is 4.62. The van der Waals surface area contributed by atoms with Crippen LogP contribution < -0.4 is 15.0 Å². The maximum absolute atomic E-state index is 11.9. The van der Waals surface area contributed by atoms with Gasteiger partial charge in [0.25, 0.3) is 5.91 Å². The summed E-state index contributed by atoms with van der Waals surface area (Å²) < 4.78 is 12.0. The van der Waals surface area contributed by atoms with Crippen molar-refractivity contribution < 1.29 is 14.3 Å². The quantitative estimate of drug-likeness (QED) is 0.660. The maximum Gasteiger partial charge on any atom is 0.298 e. The van der Waals surface area contributed by atoms with Crippen molar-refractivity contribution in [3.05, 3.63) is 35.3 Å². The number of ether oxygens (including phenoxy) is 2. The van der Waals surface area contributed by atoms with Gasteiger partial charge in [-0.2, -0.15) is 0 Å². The number of carbonyl (C=O) groups is 1. The SMILES string of the molecule is CC#CC(=O)N1CC(N2CC(c3cc4c(c(C)n3)O[C@@H](C)c3c(N5CCOCC5)ccnc3N4)C2)C1. The van der Waals surface area contributed by atoms with Crippen LogP contribution >= 0.6 is 0 Å². The average Bonchev–Trinajstić information content (AvgIpc) is 2.96. The molecule has 0 aromatic carbocycles. The van der Waals surface area contributed by atoms with Gasteiger partial charge in [-0.15, -0.1) is 0 Å². The first-order chi connectivity index (χ1) is 17.5. The van der Waals surface area contributed by atoms with Gasteiger partial charge in [0.2, 0.25) is 0 Å². The monoisotopic (exact) mass is 488 g/mol. The third-order valence-corrected chi connectivity index (χ3v) is 7.66. The Kier molecular flexibility index (Phi) is 5.94. The number of hydrogen-bond acceptors (Lipinski definition) is 8. The molecule has 4 aliphatic heterocycles. The number of fused-ring (bicyclic) bond motifs is 2. The van der Waals surface area contributed by atoms with Crippen molar-refractivity contribution in [2.45, 2.75) is 38.8 Å². The number of hydrogen-bond donors (Lipinski definition) is 1. The summed E-state index contributed by atoms with van der Waals surface area (Å²) in [5.74, 6) is 7.24. The lowest BCUT2D eigenvalue weighted by Gasteiger charge is -2.51. The van der Waals surface area contributed by atoms with Crippen LogP contribution in [0.4, 0.5) is 17.2 Å². The van der Waals surface area contributed by atoms with E-state index in [2.05, 4.69) is 46.0 Å². The molecule has 0 radical (unpaired) electrons. The first-order valence-electron chi connectivity index (χ1n) is 12.7. The van der Waals surface area contributed by atoms with Gasteiger partial charge in [-0.25, -0.2) is 4.98 Å². The van der Waals surface area contributed by atoms with E-state index in [-0.39, 0.29) is 12.0 Å². The molecule has 1 atom stereocenters. The van der Waals surface area contributed by atoms with Gasteiger partial charge in [-0.3, -0.25) is 14.7 Å². The molecule has 0 saturated carbocycles. The number of aryl methyl sites for hydroxylation is 1. The molecular formula is C27H32N6O3. The second kappa shape index (κ2) is 9.26. The molecule has 0 bridgehead atoms. The van der Waals surface area contributed by atoms with E-state index < -0.39 is 0 Å². The third-order valence-electron chi connectivity index (χ3n) is 7.66. The van der Waals surface area contributed by atoms with Gasteiger partial charge in [-0.05, 0) is 38.8 Å². The van der Waals surface area contributed by atoms with E-state index in [0.29, 0.717) is 12.0 Å². The van der Waals surface area contributed by atoms with E-state index in [0.717, 1.165) is 92.4 Å². The van der Waals surface area contributed by atoms with Crippen LogP contribution in [-0.4, -0.2) is 84.2 Å². The topological polar surface area (TPSA) is 83.1 Å². The lowest BCUT2D eigenvalue weighted by molar-refractivity contribution is -0.133. The molecule has 9 heteroatoms. The molecule has 4 aliphatic rings. The van der Waals surface area contributed by atoms with Crippen molar-refractivity contribution >= 4 is 23.1 Å². The van der Waals surface area contributed by atoms with E-state index in [9.17, 15) is 4.79 Å². The van der Waals surface area contributed by atoms with Crippen LogP contribution in [0, 0.1) is 18.8 Å². The highest BCUT2D eigenvalue weighted by atomic mass is 16.5. The minimum Gasteiger partial charge on any atom is -0.482 e. The Morgan fingerprint density at radius 3 is 2.72 bits per heavy atom. The number of aromatic nitrogens is 2. The van der Waals surface area contributed by atoms with Crippen LogP contribution in [0.5, 0.6) is 5.75 Å². The fraction of sp³-hybridized carbons (Fsp3) is 0.519. The fourth-order valence-corrected chi connectivity index (χ4v) is 5.58. The molecule has 0 unspecified atom stereocenters. The highest BCUT2D eigenvalue weighted by Crippen LogP contribution is 2.44. The van der Waals surface area contributed by atoms with E-state index >= 15 is 0 Å². The molecular weight excluding hydrogens is 456 g/mol. The highest BCUT2D eigenvalue weighted by molar-refractivity contribution is 5.94. The Hall–Kier alpha value is -3.35. The van der Waals surface area contributed by atoms with E-state index in [1.165, 1.54) is 0 Å². The number of amides is 1. The molecule has 1 N–H and O–H groups in total. The normalized spacial score (nSPS) is 22.0. The van der Waals surface area contributed by atoms with Gasteiger partial charge in [0.15, 0.2) is 5.75 Å². The van der Waals surface area contributed by atoms with Crippen LogP contribution in [0.3, 0.4) is 0 Å². The second-order valence-electron chi connectivity index (χ2n) is 9.98. The van der Waals surface area contributed by atoms with Crippen molar-refractivity contribution in [2.24, 2.45) is 0 Å². The van der Waals surface area contributed by atoms with Crippen LogP contribution in [-0.2, 0) is 9.53 Å². The summed E-state index contributed by atoms with van der Waals surface area (Å²) in [4.78, 5) is 28.1. The summed E-state index contributed by atoms with van der Waals surface area (Å²) in [6.45, 7) is 12.4. The molecule has 6 rings (SSSR count). The zero-order valence-electron chi connectivity index (χ0n) is 21.1. The Labute approximate surface area is 211 Å². The molecule has 0 spiro atoms. The summed E-state index contributed by atoms with van der Waals surface area (Å²) in [5.41, 5.74) is 5.10. The van der Waals surface area contributed by atoms with Crippen molar-refractivity contribution in [3.8, 4) is 17.6 Å². The van der Waals surface area contributed by atoms with Crippen LogP contribution in [0.2, 0.25) is 0 Å². The summed E-state index contributed by atoms with van der Waals surface area (Å²) in [5, 5.41) is 3.58. The molecule has 1 amide bonds. The van der Waals surface area contributed by atoms with Crippen molar-refractivity contribution in [1.82, 2.24) is 19.8 Å². The van der Waals surface area contributed by atoms with Crippen LogP contribution in [0.25, 0.3) is 0 Å². The Morgan fingerprint density at radius 1 is 1.19 bits per heavy atom. The molecule has 2 aromatic rings. The third kappa shape index (κ3) is 4.04. The molecule has 0 aliphatic carbocycles. The van der Waals surface area contributed by atoms with Crippen molar-refractivity contribution in [1.29, 1.82) is 0 Å². The summed E-state index contributed by atoms with van der Waals surface area (Å²) in [6.07, 6.45) is 1.71. The Morgan fingerprint density at radius 2 is 1.97 bits per heavy atom. The van der Waals surface area contributed by atoms with Gasteiger partial charge < -0.3 is 24.6 Å². The first-order valence-corrected chi connectivity index (χ1v) is 12.7. The van der Waals surface area contributed by atoms with Gasteiger partial charge in [0.05, 0.1) is 30.2 Å². The largest absolute Gasteiger partial charge is 0.482 e. The lowest BCUT2D eigenvalue weighted by Crippen LogP contribution is -2.65. The predicted molar refractivity (Wildman–Crippen MR) is 137 cm³/mol.